The highest BCUT2D eigenvalue weighted by molar-refractivity contribution is 5.69. The molecule has 6 heteroatoms. The molecular formula is C25H29FN2O3. The van der Waals surface area contributed by atoms with E-state index in [9.17, 15) is 14.3 Å². The van der Waals surface area contributed by atoms with Crippen molar-refractivity contribution in [2.45, 2.75) is 56.5 Å². The summed E-state index contributed by atoms with van der Waals surface area (Å²) >= 11 is 0. The molecule has 164 valence electrons. The fourth-order valence-electron chi connectivity index (χ4n) is 5.67. The molecule has 2 aliphatic heterocycles. The largest absolute Gasteiger partial charge is 0.484 e. The van der Waals surface area contributed by atoms with E-state index in [1.165, 1.54) is 6.07 Å². The van der Waals surface area contributed by atoms with Crippen molar-refractivity contribution in [3.8, 4) is 5.75 Å². The predicted octanol–water partition coefficient (Wildman–Crippen LogP) is 4.91. The van der Waals surface area contributed by atoms with Gasteiger partial charge in [0, 0.05) is 24.8 Å². The van der Waals surface area contributed by atoms with Crippen molar-refractivity contribution < 1.29 is 19.0 Å². The van der Waals surface area contributed by atoms with Crippen molar-refractivity contribution in [3.63, 3.8) is 0 Å². The van der Waals surface area contributed by atoms with Crippen LogP contribution in [-0.4, -0.2) is 36.3 Å². The molecule has 1 aliphatic carbocycles. The number of anilines is 2. The van der Waals surface area contributed by atoms with Crippen LogP contribution in [0.3, 0.4) is 0 Å². The van der Waals surface area contributed by atoms with E-state index in [0.29, 0.717) is 0 Å². The molecule has 0 radical (unpaired) electrons. The first-order chi connectivity index (χ1) is 14.7. The van der Waals surface area contributed by atoms with E-state index in [-0.39, 0.29) is 29.2 Å². The maximum atomic E-state index is 14.1. The number of carbonyl (C=O) groups is 1. The molecule has 2 aromatic carbocycles. The maximum Gasteiger partial charge on any atom is 0.303 e. The number of aliphatic carboxylic acids is 1. The monoisotopic (exact) mass is 424 g/mol. The van der Waals surface area contributed by atoms with Crippen molar-refractivity contribution in [3.05, 3.63) is 53.3 Å². The van der Waals surface area contributed by atoms with Crippen molar-refractivity contribution >= 4 is 17.3 Å². The van der Waals surface area contributed by atoms with Crippen LogP contribution in [0.5, 0.6) is 5.75 Å². The molecule has 2 aromatic rings. The second-order valence-electron chi connectivity index (χ2n) is 9.89. The molecule has 1 atom stereocenters. The number of hydrogen-bond donors (Lipinski definition) is 2. The lowest BCUT2D eigenvalue weighted by Crippen LogP contribution is -2.42. The van der Waals surface area contributed by atoms with Gasteiger partial charge in [0.15, 0.2) is 0 Å². The van der Waals surface area contributed by atoms with Gasteiger partial charge in [0.05, 0.1) is 18.7 Å². The number of rotatable bonds is 3. The normalized spacial score (nSPS) is 22.9. The molecular weight excluding hydrogens is 395 g/mol. The number of nitrogens with one attached hydrogen (secondary N) is 1. The number of fused-ring (bicyclic) bond motifs is 3. The summed E-state index contributed by atoms with van der Waals surface area (Å²) in [5, 5.41) is 12.8. The highest BCUT2D eigenvalue weighted by Gasteiger charge is 2.46. The van der Waals surface area contributed by atoms with E-state index in [4.69, 9.17) is 4.74 Å². The Morgan fingerprint density at radius 3 is 2.74 bits per heavy atom. The first kappa shape index (κ1) is 20.2. The number of halogens is 1. The van der Waals surface area contributed by atoms with Crippen LogP contribution < -0.4 is 15.0 Å². The van der Waals surface area contributed by atoms with E-state index in [1.54, 1.807) is 12.1 Å². The molecule has 0 saturated carbocycles. The zero-order chi connectivity index (χ0) is 21.8. The van der Waals surface area contributed by atoms with Crippen LogP contribution in [0.2, 0.25) is 0 Å². The van der Waals surface area contributed by atoms with Crippen molar-refractivity contribution in [1.29, 1.82) is 0 Å². The molecule has 5 rings (SSSR count). The molecule has 31 heavy (non-hydrogen) atoms. The van der Waals surface area contributed by atoms with Crippen LogP contribution in [0.25, 0.3) is 0 Å². The molecule has 2 heterocycles. The van der Waals surface area contributed by atoms with Crippen LogP contribution in [0.1, 0.15) is 56.6 Å². The Hall–Kier alpha value is -2.76. The summed E-state index contributed by atoms with van der Waals surface area (Å²) in [6.07, 6.45) is 2.68. The Labute approximate surface area is 182 Å². The van der Waals surface area contributed by atoms with E-state index in [0.717, 1.165) is 67.1 Å². The summed E-state index contributed by atoms with van der Waals surface area (Å²) in [5.74, 6) is -0.187. The molecule has 3 aliphatic rings. The average molecular weight is 425 g/mol. The third-order valence-corrected chi connectivity index (χ3v) is 7.23. The van der Waals surface area contributed by atoms with Crippen LogP contribution in [-0.2, 0) is 10.2 Å². The Morgan fingerprint density at radius 2 is 2.00 bits per heavy atom. The van der Waals surface area contributed by atoms with Gasteiger partial charge in [-0.1, -0.05) is 6.07 Å². The summed E-state index contributed by atoms with van der Waals surface area (Å²) in [5.41, 5.74) is 3.82. The van der Waals surface area contributed by atoms with Gasteiger partial charge in [-0.05, 0) is 79.8 Å². The second-order valence-corrected chi connectivity index (χ2v) is 9.89. The fourth-order valence-corrected chi connectivity index (χ4v) is 5.67. The minimum absolute atomic E-state index is 0.0369. The number of nitrogens with zero attached hydrogens (tertiary/aromatic N) is 1. The van der Waals surface area contributed by atoms with Gasteiger partial charge in [0.25, 0.3) is 0 Å². The average Bonchev–Trinajstić information content (AvgIpc) is 2.99. The second kappa shape index (κ2) is 7.14. The van der Waals surface area contributed by atoms with E-state index >= 15 is 0 Å². The number of benzene rings is 2. The van der Waals surface area contributed by atoms with Crippen molar-refractivity contribution in [2.24, 2.45) is 0 Å². The SMILES string of the molecule is CC1(C)CNc2ccc(N3CCC4(CC3)C[C@@H](CC(=O)O)c3ccc(F)cc34)cc2O1. The van der Waals surface area contributed by atoms with Gasteiger partial charge in [0.1, 0.15) is 17.2 Å². The van der Waals surface area contributed by atoms with Gasteiger partial charge in [0.2, 0.25) is 0 Å². The number of ether oxygens (including phenoxy) is 1. The van der Waals surface area contributed by atoms with Gasteiger partial charge < -0.3 is 20.1 Å². The molecule has 5 nitrogen and oxygen atoms in total. The van der Waals surface area contributed by atoms with Gasteiger partial charge in [-0.25, -0.2) is 4.39 Å². The molecule has 1 fully saturated rings. The van der Waals surface area contributed by atoms with Crippen molar-refractivity contribution in [2.75, 3.05) is 29.9 Å². The molecule has 0 aromatic heterocycles. The Morgan fingerprint density at radius 1 is 1.23 bits per heavy atom. The standard InChI is InChI=1S/C25H29FN2O3/c1-24(2)15-27-21-6-4-18(13-22(21)31-24)28-9-7-25(8-10-28)14-16(11-23(29)30)19-5-3-17(26)12-20(19)25/h3-6,12-13,16,27H,7-11,14-15H2,1-2H3,(H,29,30)/t16-/m1/s1. The topological polar surface area (TPSA) is 61.8 Å². The lowest BCUT2D eigenvalue weighted by atomic mass is 9.73. The Kier molecular flexibility index (Phi) is 4.65. The molecule has 0 bridgehead atoms. The molecule has 1 spiro atoms. The van der Waals surface area contributed by atoms with Gasteiger partial charge in [-0.15, -0.1) is 0 Å². The fraction of sp³-hybridized carbons (Fsp3) is 0.480. The Bertz CT molecular complexity index is 1030. The van der Waals surface area contributed by atoms with Gasteiger partial charge in [-0.2, -0.15) is 0 Å². The van der Waals surface area contributed by atoms with Gasteiger partial charge in [-0.3, -0.25) is 4.79 Å². The van der Waals surface area contributed by atoms with E-state index in [2.05, 4.69) is 42.3 Å². The lowest BCUT2D eigenvalue weighted by molar-refractivity contribution is -0.137. The van der Waals surface area contributed by atoms with Gasteiger partial charge >= 0.3 is 5.97 Å². The number of carboxylic acid groups (broad SMARTS) is 1. The number of carboxylic acids is 1. The number of piperidine rings is 1. The summed E-state index contributed by atoms with van der Waals surface area (Å²) in [4.78, 5) is 13.8. The minimum Gasteiger partial charge on any atom is -0.484 e. The predicted molar refractivity (Wildman–Crippen MR) is 119 cm³/mol. The molecule has 0 amide bonds. The zero-order valence-corrected chi connectivity index (χ0v) is 18.1. The highest BCUT2D eigenvalue weighted by Crippen LogP contribution is 2.53. The van der Waals surface area contributed by atoms with Crippen LogP contribution in [0, 0.1) is 5.82 Å². The molecule has 1 saturated heterocycles. The zero-order valence-electron chi connectivity index (χ0n) is 18.1. The van der Waals surface area contributed by atoms with Crippen LogP contribution >= 0.6 is 0 Å². The third kappa shape index (κ3) is 3.62. The minimum atomic E-state index is -0.791. The van der Waals surface area contributed by atoms with E-state index < -0.39 is 5.97 Å². The first-order valence-corrected chi connectivity index (χ1v) is 11.1. The smallest absolute Gasteiger partial charge is 0.303 e. The van der Waals surface area contributed by atoms with E-state index in [1.807, 2.05) is 0 Å². The molecule has 2 N–H and O–H groups in total. The third-order valence-electron chi connectivity index (χ3n) is 7.23. The van der Waals surface area contributed by atoms with Crippen molar-refractivity contribution in [1.82, 2.24) is 0 Å². The quantitative estimate of drug-likeness (QED) is 0.733. The first-order valence-electron chi connectivity index (χ1n) is 11.1. The van der Waals surface area contributed by atoms with Crippen LogP contribution in [0.15, 0.2) is 36.4 Å². The van der Waals surface area contributed by atoms with Crippen LogP contribution in [0.4, 0.5) is 15.8 Å². The summed E-state index contributed by atoms with van der Waals surface area (Å²) in [7, 11) is 0. The maximum absolute atomic E-state index is 14.1. The summed E-state index contributed by atoms with van der Waals surface area (Å²) < 4.78 is 20.3. The Balaban J connectivity index is 1.37. The lowest BCUT2D eigenvalue weighted by Gasteiger charge is -2.42. The summed E-state index contributed by atoms with van der Waals surface area (Å²) in [6.45, 7) is 6.63. The highest BCUT2D eigenvalue weighted by atomic mass is 19.1. The number of hydrogen-bond acceptors (Lipinski definition) is 4. The molecule has 0 unspecified atom stereocenters. The summed E-state index contributed by atoms with van der Waals surface area (Å²) in [6, 6.07) is 11.2.